The lowest BCUT2D eigenvalue weighted by Crippen LogP contribution is -2.50. The number of rotatable bonds is 3. The summed E-state index contributed by atoms with van der Waals surface area (Å²) in [4.78, 5) is 4.63. The first-order valence-electron chi connectivity index (χ1n) is 7.31. The highest BCUT2D eigenvalue weighted by atomic mass is 28.4. The van der Waals surface area contributed by atoms with Crippen LogP contribution < -0.4 is 4.43 Å². The van der Waals surface area contributed by atoms with Crippen molar-refractivity contribution >= 4 is 14.2 Å². The molecule has 0 saturated carbocycles. The van der Waals surface area contributed by atoms with Gasteiger partial charge in [-0.25, -0.2) is 0 Å². The molecule has 0 saturated heterocycles. The van der Waals surface area contributed by atoms with Crippen molar-refractivity contribution in [2.24, 2.45) is 4.99 Å². The lowest BCUT2D eigenvalue weighted by Gasteiger charge is -2.35. The number of amidine groups is 1. The molecular formula is C16H25N2O2Si. The average molecular weight is 305 g/mol. The van der Waals surface area contributed by atoms with Crippen molar-refractivity contribution < 1.29 is 9.63 Å². The zero-order valence-corrected chi connectivity index (χ0v) is 15.0. The van der Waals surface area contributed by atoms with Crippen LogP contribution in [0.2, 0.25) is 19.6 Å². The van der Waals surface area contributed by atoms with Gasteiger partial charge in [0.15, 0.2) is 5.84 Å². The Morgan fingerprint density at radius 2 is 1.57 bits per heavy atom. The predicted molar refractivity (Wildman–Crippen MR) is 87.6 cm³/mol. The summed E-state index contributed by atoms with van der Waals surface area (Å²) in [7, 11) is -1.61. The molecule has 0 amide bonds. The molecule has 1 radical (unpaired) electrons. The Hall–Kier alpha value is -1.33. The van der Waals surface area contributed by atoms with Gasteiger partial charge < -0.3 is 4.43 Å². The molecule has 0 bridgehead atoms. The monoisotopic (exact) mass is 305 g/mol. The highest BCUT2D eigenvalue weighted by Crippen LogP contribution is 2.38. The van der Waals surface area contributed by atoms with E-state index in [-0.39, 0.29) is 0 Å². The van der Waals surface area contributed by atoms with E-state index in [1.54, 1.807) is 0 Å². The minimum absolute atomic E-state index is 0.405. The maximum atomic E-state index is 12.5. The summed E-state index contributed by atoms with van der Waals surface area (Å²) < 4.78 is 5.94. The van der Waals surface area contributed by atoms with Gasteiger partial charge in [-0.05, 0) is 71.6 Å². The molecule has 4 nitrogen and oxygen atoms in total. The first-order chi connectivity index (χ1) is 9.44. The molecule has 0 N–H and O–H groups in total. The van der Waals surface area contributed by atoms with Gasteiger partial charge in [0.1, 0.15) is 5.75 Å². The molecule has 0 atom stereocenters. The fraction of sp³-hybridized carbons (Fsp3) is 0.562. The van der Waals surface area contributed by atoms with Crippen molar-refractivity contribution in [3.05, 3.63) is 29.8 Å². The summed E-state index contributed by atoms with van der Waals surface area (Å²) >= 11 is 0. The molecule has 115 valence electrons. The van der Waals surface area contributed by atoms with Gasteiger partial charge in [0.2, 0.25) is 8.32 Å². The van der Waals surface area contributed by atoms with Crippen LogP contribution in [-0.2, 0) is 5.21 Å². The molecule has 0 unspecified atom stereocenters. The number of aliphatic imine (C=N–C) groups is 1. The smallest absolute Gasteiger partial charge is 0.242 e. The quantitative estimate of drug-likeness (QED) is 0.796. The van der Waals surface area contributed by atoms with E-state index in [1.807, 2.05) is 52.0 Å². The van der Waals surface area contributed by atoms with Gasteiger partial charge in [0.25, 0.3) is 0 Å². The number of hydroxylamine groups is 2. The molecular weight excluding hydrogens is 280 g/mol. The first-order valence-corrected chi connectivity index (χ1v) is 10.7. The Morgan fingerprint density at radius 3 is 1.95 bits per heavy atom. The summed E-state index contributed by atoms with van der Waals surface area (Å²) in [5.74, 6) is 1.36. The van der Waals surface area contributed by atoms with E-state index in [4.69, 9.17) is 4.43 Å². The summed E-state index contributed by atoms with van der Waals surface area (Å²) in [6.07, 6.45) is 0. The maximum Gasteiger partial charge on any atom is 0.242 e. The zero-order chi connectivity index (χ0) is 16.1. The Balaban J connectivity index is 2.28. The van der Waals surface area contributed by atoms with Crippen molar-refractivity contribution in [1.82, 2.24) is 5.06 Å². The largest absolute Gasteiger partial charge is 0.544 e. The fourth-order valence-electron chi connectivity index (χ4n) is 2.17. The molecule has 0 spiro atoms. The van der Waals surface area contributed by atoms with Crippen molar-refractivity contribution in [1.29, 1.82) is 0 Å². The average Bonchev–Trinajstić information content (AvgIpc) is 2.48. The van der Waals surface area contributed by atoms with Gasteiger partial charge in [0, 0.05) is 5.56 Å². The highest BCUT2D eigenvalue weighted by Gasteiger charge is 2.50. The van der Waals surface area contributed by atoms with Crippen molar-refractivity contribution in [2.45, 2.75) is 58.4 Å². The van der Waals surface area contributed by atoms with Crippen LogP contribution in [0.1, 0.15) is 33.3 Å². The number of benzene rings is 1. The second-order valence-corrected chi connectivity index (χ2v) is 12.0. The Bertz CT molecular complexity index is 557. The summed E-state index contributed by atoms with van der Waals surface area (Å²) in [5, 5.41) is 13.5. The topological polar surface area (TPSA) is 44.7 Å². The number of hydrogen-bond acceptors (Lipinski definition) is 3. The van der Waals surface area contributed by atoms with Crippen molar-refractivity contribution in [3.63, 3.8) is 0 Å². The first kappa shape index (κ1) is 16.0. The van der Waals surface area contributed by atoms with Gasteiger partial charge in [-0.3, -0.25) is 4.99 Å². The third kappa shape index (κ3) is 2.99. The minimum Gasteiger partial charge on any atom is -0.544 e. The van der Waals surface area contributed by atoms with Crippen LogP contribution >= 0.6 is 0 Å². The number of hydrogen-bond donors (Lipinski definition) is 0. The molecule has 1 aliphatic heterocycles. The molecule has 5 heteroatoms. The lowest BCUT2D eigenvalue weighted by molar-refractivity contribution is -0.158. The third-order valence-corrected chi connectivity index (χ3v) is 4.97. The Morgan fingerprint density at radius 1 is 1.05 bits per heavy atom. The normalized spacial score (nSPS) is 20.4. The van der Waals surface area contributed by atoms with Gasteiger partial charge >= 0.3 is 0 Å². The summed E-state index contributed by atoms with van der Waals surface area (Å²) in [6.45, 7) is 14.3. The van der Waals surface area contributed by atoms with E-state index < -0.39 is 19.4 Å². The van der Waals surface area contributed by atoms with Crippen LogP contribution in [0.25, 0.3) is 0 Å². The van der Waals surface area contributed by atoms with Crippen LogP contribution in [0.5, 0.6) is 5.75 Å². The Kier molecular flexibility index (Phi) is 3.70. The van der Waals surface area contributed by atoms with Crippen LogP contribution in [0.4, 0.5) is 0 Å². The minimum atomic E-state index is -1.61. The standard InChI is InChI=1S/C16H25N2O2Si/c1-15(2)16(3,4)18(19)14(17-15)12-8-10-13(11-9-12)20-21(5,6)7/h8-11H,1-7H3. The highest BCUT2D eigenvalue weighted by molar-refractivity contribution is 6.70. The van der Waals surface area contributed by atoms with Crippen LogP contribution in [0.15, 0.2) is 29.3 Å². The fourth-order valence-corrected chi connectivity index (χ4v) is 3.01. The predicted octanol–water partition coefficient (Wildman–Crippen LogP) is 3.87. The second kappa shape index (κ2) is 4.85. The van der Waals surface area contributed by atoms with E-state index in [9.17, 15) is 5.21 Å². The zero-order valence-electron chi connectivity index (χ0n) is 14.0. The van der Waals surface area contributed by atoms with Gasteiger partial charge in [-0.1, -0.05) is 5.21 Å². The van der Waals surface area contributed by atoms with Gasteiger partial charge in [0.05, 0.1) is 11.1 Å². The van der Waals surface area contributed by atoms with E-state index in [0.29, 0.717) is 5.84 Å². The molecule has 21 heavy (non-hydrogen) atoms. The van der Waals surface area contributed by atoms with Gasteiger partial charge in [-0.15, -0.1) is 0 Å². The van der Waals surface area contributed by atoms with E-state index in [1.165, 1.54) is 0 Å². The van der Waals surface area contributed by atoms with Crippen LogP contribution in [0.3, 0.4) is 0 Å². The molecule has 1 heterocycles. The summed E-state index contributed by atoms with van der Waals surface area (Å²) in [5.41, 5.74) is -0.112. The van der Waals surface area contributed by atoms with Crippen LogP contribution in [0, 0.1) is 0 Å². The summed E-state index contributed by atoms with van der Waals surface area (Å²) in [6, 6.07) is 7.66. The Labute approximate surface area is 128 Å². The number of nitrogens with zero attached hydrogens (tertiary/aromatic N) is 2. The van der Waals surface area contributed by atoms with E-state index >= 15 is 0 Å². The van der Waals surface area contributed by atoms with Crippen LogP contribution in [-0.4, -0.2) is 30.3 Å². The van der Waals surface area contributed by atoms with Gasteiger partial charge in [-0.2, -0.15) is 5.06 Å². The lowest BCUT2D eigenvalue weighted by atomic mass is 9.84. The molecule has 1 aromatic rings. The van der Waals surface area contributed by atoms with Crippen molar-refractivity contribution in [2.75, 3.05) is 0 Å². The third-order valence-electron chi connectivity index (χ3n) is 4.12. The molecule has 0 aliphatic carbocycles. The molecule has 1 aromatic carbocycles. The molecule has 0 aromatic heterocycles. The molecule has 0 fully saturated rings. The molecule has 2 rings (SSSR count). The molecule has 1 aliphatic rings. The van der Waals surface area contributed by atoms with E-state index in [0.717, 1.165) is 16.4 Å². The maximum absolute atomic E-state index is 12.5. The SMILES string of the molecule is CC1(C)N=C(c2ccc(O[Si](C)(C)C)cc2)N([O])C1(C)C. The second-order valence-electron chi connectivity index (χ2n) is 7.59. The van der Waals surface area contributed by atoms with E-state index in [2.05, 4.69) is 24.6 Å². The van der Waals surface area contributed by atoms with Crippen molar-refractivity contribution in [3.8, 4) is 5.75 Å².